The van der Waals surface area contributed by atoms with Gasteiger partial charge in [-0.15, -0.1) is 0 Å². The largest absolute Gasteiger partial charge is 0.496 e. The number of likely N-dealkylation sites (N-methyl/N-ethyl adjacent to an activating group) is 1. The first kappa shape index (κ1) is 25.6. The molecule has 0 aliphatic heterocycles. The van der Waals surface area contributed by atoms with E-state index < -0.39 is 11.9 Å². The quantitative estimate of drug-likeness (QED) is 0.407. The van der Waals surface area contributed by atoms with Crippen LogP contribution in [0.4, 0.5) is 4.39 Å². The van der Waals surface area contributed by atoms with Gasteiger partial charge in [0.05, 0.1) is 18.8 Å². The molecule has 0 bridgehead atoms. The lowest BCUT2D eigenvalue weighted by Crippen LogP contribution is -2.42. The number of nitrogens with one attached hydrogen (secondary N) is 1. The van der Waals surface area contributed by atoms with Crippen LogP contribution in [0.3, 0.4) is 0 Å². The summed E-state index contributed by atoms with van der Waals surface area (Å²) in [5.41, 5.74) is 4.28. The van der Waals surface area contributed by atoms with Crippen molar-refractivity contribution in [1.82, 2.24) is 19.8 Å². The number of hydrogen-bond acceptors (Lipinski definition) is 5. The summed E-state index contributed by atoms with van der Waals surface area (Å²) in [6.07, 6.45) is 3.51. The second-order valence-electron chi connectivity index (χ2n) is 10.6. The molecular weight excluding hydrogens is 443 g/mol. The van der Waals surface area contributed by atoms with Crippen LogP contribution in [0.1, 0.15) is 57.7 Å². The molecule has 2 N–H and O–H groups in total. The van der Waals surface area contributed by atoms with E-state index in [0.717, 1.165) is 41.8 Å². The molecule has 1 aliphatic carbocycles. The Balaban J connectivity index is 1.68. The number of rotatable bonds is 10. The van der Waals surface area contributed by atoms with Gasteiger partial charge in [0.2, 0.25) is 0 Å². The summed E-state index contributed by atoms with van der Waals surface area (Å²) in [5, 5.41) is 18.8. The number of fused-ring (bicyclic) bond motifs is 1. The minimum atomic E-state index is -1.40. The van der Waals surface area contributed by atoms with E-state index in [1.807, 2.05) is 29.8 Å². The van der Waals surface area contributed by atoms with E-state index in [1.54, 1.807) is 14.0 Å². The molecule has 0 spiro atoms. The Morgan fingerprint density at radius 3 is 2.51 bits per heavy atom. The summed E-state index contributed by atoms with van der Waals surface area (Å²) in [5.74, 6) is 0.560. The van der Waals surface area contributed by atoms with Crippen LogP contribution in [-0.2, 0) is 11.1 Å². The Kier molecular flexibility index (Phi) is 6.97. The van der Waals surface area contributed by atoms with Crippen molar-refractivity contribution in [2.24, 2.45) is 0 Å². The summed E-state index contributed by atoms with van der Waals surface area (Å²) < 4.78 is 21.1. The normalized spacial score (nSPS) is 19.8. The summed E-state index contributed by atoms with van der Waals surface area (Å²) in [4.78, 5) is 2.44. The van der Waals surface area contributed by atoms with E-state index in [9.17, 15) is 9.50 Å². The van der Waals surface area contributed by atoms with Crippen LogP contribution in [0.25, 0.3) is 16.6 Å². The summed E-state index contributed by atoms with van der Waals surface area (Å²) in [7, 11) is 1.59. The summed E-state index contributed by atoms with van der Waals surface area (Å²) in [6, 6.07) is 7.95. The average molecular weight is 483 g/mol. The maximum absolute atomic E-state index is 13.5. The molecule has 0 radical (unpaired) electrons. The first-order valence-electron chi connectivity index (χ1n) is 12.5. The van der Waals surface area contributed by atoms with Crippen molar-refractivity contribution in [2.75, 3.05) is 26.7 Å². The second kappa shape index (κ2) is 9.52. The van der Waals surface area contributed by atoms with Gasteiger partial charge < -0.3 is 14.7 Å². The molecule has 0 amide bonds. The zero-order valence-corrected chi connectivity index (χ0v) is 22.0. The molecule has 0 saturated heterocycles. The number of hydrogen-bond donors (Lipinski definition) is 2. The maximum atomic E-state index is 13.5. The van der Waals surface area contributed by atoms with Crippen molar-refractivity contribution < 1.29 is 14.2 Å². The van der Waals surface area contributed by atoms with E-state index >= 15 is 0 Å². The highest BCUT2D eigenvalue weighted by atomic mass is 19.1. The predicted molar refractivity (Wildman–Crippen MR) is 139 cm³/mol. The van der Waals surface area contributed by atoms with Gasteiger partial charge in [0.25, 0.3) is 0 Å². The van der Waals surface area contributed by atoms with Crippen LogP contribution in [-0.4, -0.2) is 58.6 Å². The molecule has 7 heteroatoms. The minimum Gasteiger partial charge on any atom is -0.496 e. The first-order valence-corrected chi connectivity index (χ1v) is 12.5. The number of aryl methyl sites for hydroxylation is 1. The fraction of sp³-hybridized carbons (Fsp3) is 0.536. The summed E-state index contributed by atoms with van der Waals surface area (Å²) >= 11 is 0. The standard InChI is InChI=1S/C28H39FN4O2/c1-8-32(9-2)17-27(4,5)20-10-11-24-21(15-30-33(24)16-20)19-12-18(3)26(25(13-19)35-7)28(6,34)31-23-14-22(23)29/h10-13,15-16,22-23,31,34H,8-9,14,17H2,1-7H3. The number of nitrogens with zero attached hydrogens (tertiary/aromatic N) is 3. The molecule has 1 aliphatic rings. The van der Waals surface area contributed by atoms with E-state index in [4.69, 9.17) is 4.74 Å². The number of benzene rings is 1. The lowest BCUT2D eigenvalue weighted by Gasteiger charge is -2.31. The van der Waals surface area contributed by atoms with E-state index in [2.05, 4.69) is 61.3 Å². The number of alkyl halides is 1. The third-order valence-corrected chi connectivity index (χ3v) is 7.31. The third kappa shape index (κ3) is 5.08. The number of halogens is 1. The van der Waals surface area contributed by atoms with Crippen LogP contribution < -0.4 is 10.1 Å². The van der Waals surface area contributed by atoms with Crippen molar-refractivity contribution in [2.45, 2.75) is 71.3 Å². The molecule has 1 fully saturated rings. The lowest BCUT2D eigenvalue weighted by atomic mass is 9.85. The molecule has 2 aromatic heterocycles. The van der Waals surface area contributed by atoms with Crippen molar-refractivity contribution in [1.29, 1.82) is 0 Å². The Morgan fingerprint density at radius 1 is 1.23 bits per heavy atom. The van der Waals surface area contributed by atoms with Crippen LogP contribution in [0, 0.1) is 6.92 Å². The van der Waals surface area contributed by atoms with Gasteiger partial charge in [0.15, 0.2) is 0 Å². The van der Waals surface area contributed by atoms with Gasteiger partial charge in [-0.05, 0) is 62.2 Å². The van der Waals surface area contributed by atoms with Crippen molar-refractivity contribution >= 4 is 5.52 Å². The number of aromatic nitrogens is 2. The molecule has 4 rings (SSSR count). The number of methoxy groups -OCH3 is 1. The Morgan fingerprint density at radius 2 is 1.91 bits per heavy atom. The highest BCUT2D eigenvalue weighted by Crippen LogP contribution is 2.39. The van der Waals surface area contributed by atoms with Crippen LogP contribution >= 0.6 is 0 Å². The van der Waals surface area contributed by atoms with Gasteiger partial charge in [0, 0.05) is 35.3 Å². The molecule has 1 saturated carbocycles. The maximum Gasteiger partial charge on any atom is 0.143 e. The van der Waals surface area contributed by atoms with Gasteiger partial charge >= 0.3 is 0 Å². The average Bonchev–Trinajstić information content (AvgIpc) is 3.31. The fourth-order valence-corrected chi connectivity index (χ4v) is 5.15. The number of ether oxygens (including phenoxy) is 1. The van der Waals surface area contributed by atoms with Gasteiger partial charge in [-0.25, -0.2) is 8.91 Å². The monoisotopic (exact) mass is 482 g/mol. The zero-order chi connectivity index (χ0) is 25.5. The van der Waals surface area contributed by atoms with Gasteiger partial charge in [-0.1, -0.05) is 39.8 Å². The zero-order valence-electron chi connectivity index (χ0n) is 22.0. The van der Waals surface area contributed by atoms with E-state index in [0.29, 0.717) is 17.7 Å². The van der Waals surface area contributed by atoms with Crippen molar-refractivity contribution in [3.05, 3.63) is 53.3 Å². The molecule has 35 heavy (non-hydrogen) atoms. The molecule has 2 heterocycles. The van der Waals surface area contributed by atoms with Crippen molar-refractivity contribution in [3.8, 4) is 16.9 Å². The second-order valence-corrected chi connectivity index (χ2v) is 10.6. The Labute approximate surface area is 208 Å². The first-order chi connectivity index (χ1) is 16.5. The van der Waals surface area contributed by atoms with Crippen LogP contribution in [0.15, 0.2) is 36.7 Å². The number of aliphatic hydroxyl groups is 1. The smallest absolute Gasteiger partial charge is 0.143 e. The summed E-state index contributed by atoms with van der Waals surface area (Å²) in [6.45, 7) is 15.6. The minimum absolute atomic E-state index is 0.00740. The van der Waals surface area contributed by atoms with Crippen LogP contribution in [0.5, 0.6) is 5.75 Å². The Hall–Kier alpha value is -2.48. The SMILES string of the molecule is CCN(CC)CC(C)(C)c1ccc2c(-c3cc(C)c(C(C)(O)NC4CC4F)c(OC)c3)cnn2c1. The van der Waals surface area contributed by atoms with Gasteiger partial charge in [0.1, 0.15) is 17.6 Å². The molecule has 190 valence electrons. The topological polar surface area (TPSA) is 62.0 Å². The third-order valence-electron chi connectivity index (χ3n) is 7.31. The molecule has 3 aromatic rings. The molecule has 1 aromatic carbocycles. The lowest BCUT2D eigenvalue weighted by molar-refractivity contribution is 0.0130. The van der Waals surface area contributed by atoms with E-state index in [-0.39, 0.29) is 11.5 Å². The van der Waals surface area contributed by atoms with Crippen molar-refractivity contribution in [3.63, 3.8) is 0 Å². The highest BCUT2D eigenvalue weighted by molar-refractivity contribution is 5.81. The van der Waals surface area contributed by atoms with Gasteiger partial charge in [-0.3, -0.25) is 5.32 Å². The fourth-order valence-electron chi connectivity index (χ4n) is 5.15. The molecular formula is C28H39FN4O2. The number of pyridine rings is 1. The van der Waals surface area contributed by atoms with Crippen LogP contribution in [0.2, 0.25) is 0 Å². The predicted octanol–water partition coefficient (Wildman–Crippen LogP) is 4.80. The highest BCUT2D eigenvalue weighted by Gasteiger charge is 2.43. The van der Waals surface area contributed by atoms with Gasteiger partial charge in [-0.2, -0.15) is 5.10 Å². The molecule has 3 unspecified atom stereocenters. The molecule has 6 nitrogen and oxygen atoms in total. The van der Waals surface area contributed by atoms with E-state index in [1.165, 1.54) is 5.56 Å². The molecule has 3 atom stereocenters. The Bertz CT molecular complexity index is 1200.